The predicted molar refractivity (Wildman–Crippen MR) is 119 cm³/mol. The van der Waals surface area contributed by atoms with E-state index in [0.717, 1.165) is 31.5 Å². The Hall–Kier alpha value is -2.82. The number of carboxylic acid groups (broad SMARTS) is 1. The molecule has 0 aromatic heterocycles. The van der Waals surface area contributed by atoms with Gasteiger partial charge < -0.3 is 20.2 Å². The standard InChI is InChI=1S/C21H30N4O2.C2HF3O2/c1-23-14-19(26)25(18-10-6-3-7-11-18)16-21(23)12-13-24(15-21)20(27)22-17-8-4-2-5-9-17;3-2(4,5)1(6)7/h3,6-7,10-11,17H,2,4-5,8-9,12-16H2,1H3,(H,22,27);(H,6,7). The second-order valence-electron chi connectivity index (χ2n) is 9.15. The van der Waals surface area contributed by atoms with Crippen LogP contribution in [0.15, 0.2) is 30.3 Å². The normalized spacial score (nSPS) is 24.1. The lowest BCUT2D eigenvalue weighted by atomic mass is 9.92. The van der Waals surface area contributed by atoms with E-state index in [1.807, 2.05) is 47.2 Å². The lowest BCUT2D eigenvalue weighted by Gasteiger charge is -2.46. The number of aliphatic carboxylic acids is 1. The smallest absolute Gasteiger partial charge is 0.475 e. The molecule has 34 heavy (non-hydrogen) atoms. The number of hydrogen-bond donors (Lipinski definition) is 2. The summed E-state index contributed by atoms with van der Waals surface area (Å²) in [5.74, 6) is -2.63. The van der Waals surface area contributed by atoms with Crippen LogP contribution in [0, 0.1) is 0 Å². The highest BCUT2D eigenvalue weighted by molar-refractivity contribution is 5.96. The van der Waals surface area contributed by atoms with Gasteiger partial charge in [0.25, 0.3) is 0 Å². The van der Waals surface area contributed by atoms with Gasteiger partial charge in [0.05, 0.1) is 12.1 Å². The van der Waals surface area contributed by atoms with Gasteiger partial charge in [-0.15, -0.1) is 0 Å². The summed E-state index contributed by atoms with van der Waals surface area (Å²) < 4.78 is 31.7. The van der Waals surface area contributed by atoms with Gasteiger partial charge >= 0.3 is 18.2 Å². The Bertz CT molecular complexity index is 877. The zero-order valence-electron chi connectivity index (χ0n) is 19.2. The molecule has 2 heterocycles. The summed E-state index contributed by atoms with van der Waals surface area (Å²) in [5.41, 5.74) is 0.785. The summed E-state index contributed by atoms with van der Waals surface area (Å²) in [6.07, 6.45) is 1.73. The maximum Gasteiger partial charge on any atom is 0.490 e. The van der Waals surface area contributed by atoms with E-state index < -0.39 is 12.1 Å². The van der Waals surface area contributed by atoms with E-state index in [2.05, 4.69) is 10.2 Å². The summed E-state index contributed by atoms with van der Waals surface area (Å²) >= 11 is 0. The number of piperazine rings is 1. The van der Waals surface area contributed by atoms with Crippen LogP contribution < -0.4 is 10.2 Å². The molecular weight excluding hydrogens is 453 g/mol. The number of alkyl halides is 3. The van der Waals surface area contributed by atoms with Crippen LogP contribution in [-0.2, 0) is 9.59 Å². The summed E-state index contributed by atoms with van der Waals surface area (Å²) in [7, 11) is 2.02. The molecule has 1 aromatic carbocycles. The van der Waals surface area contributed by atoms with Crippen LogP contribution in [0.4, 0.5) is 23.7 Å². The molecule has 11 heteroatoms. The molecule has 4 rings (SSSR count). The predicted octanol–water partition coefficient (Wildman–Crippen LogP) is 3.09. The third kappa shape index (κ3) is 6.19. The number of anilines is 1. The zero-order chi connectivity index (χ0) is 24.9. The van der Waals surface area contributed by atoms with Crippen molar-refractivity contribution in [3.63, 3.8) is 0 Å². The van der Waals surface area contributed by atoms with Gasteiger partial charge in [0.2, 0.25) is 5.91 Å². The average molecular weight is 485 g/mol. The Labute approximate surface area is 196 Å². The minimum absolute atomic E-state index is 0.0651. The Morgan fingerprint density at radius 2 is 1.71 bits per heavy atom. The Balaban J connectivity index is 0.000000406. The minimum Gasteiger partial charge on any atom is -0.475 e. The van der Waals surface area contributed by atoms with Crippen molar-refractivity contribution in [1.82, 2.24) is 15.1 Å². The van der Waals surface area contributed by atoms with E-state index in [1.54, 1.807) is 0 Å². The number of carbonyl (C=O) groups excluding carboxylic acids is 2. The molecule has 2 aliphatic heterocycles. The number of rotatable bonds is 2. The third-order valence-corrected chi connectivity index (χ3v) is 6.80. The van der Waals surface area contributed by atoms with Gasteiger partial charge in [-0.1, -0.05) is 37.5 Å². The molecule has 3 fully saturated rings. The minimum atomic E-state index is -5.08. The van der Waals surface area contributed by atoms with Gasteiger partial charge in [-0.3, -0.25) is 9.69 Å². The van der Waals surface area contributed by atoms with Crippen LogP contribution in [-0.4, -0.2) is 83.8 Å². The number of nitrogens with zero attached hydrogens (tertiary/aromatic N) is 3. The molecule has 8 nitrogen and oxygen atoms in total. The number of benzene rings is 1. The van der Waals surface area contributed by atoms with Crippen LogP contribution in [0.3, 0.4) is 0 Å². The van der Waals surface area contributed by atoms with Gasteiger partial charge in [0, 0.05) is 31.4 Å². The molecule has 1 unspecified atom stereocenters. The highest BCUT2D eigenvalue weighted by Gasteiger charge is 2.48. The van der Waals surface area contributed by atoms with Gasteiger partial charge in [-0.2, -0.15) is 13.2 Å². The van der Waals surface area contributed by atoms with Crippen molar-refractivity contribution in [2.24, 2.45) is 0 Å². The van der Waals surface area contributed by atoms with Crippen LogP contribution in [0.1, 0.15) is 38.5 Å². The Kier molecular flexibility index (Phi) is 8.06. The number of hydrogen-bond acceptors (Lipinski definition) is 4. The molecule has 2 N–H and O–H groups in total. The van der Waals surface area contributed by atoms with Crippen molar-refractivity contribution < 1.29 is 32.7 Å². The first-order chi connectivity index (χ1) is 16.0. The molecule has 0 bridgehead atoms. The Morgan fingerprint density at radius 3 is 2.29 bits per heavy atom. The summed E-state index contributed by atoms with van der Waals surface area (Å²) in [5, 5.41) is 10.4. The fourth-order valence-electron chi connectivity index (χ4n) is 4.79. The lowest BCUT2D eigenvalue weighted by Crippen LogP contribution is -2.64. The van der Waals surface area contributed by atoms with Crippen LogP contribution in [0.2, 0.25) is 0 Å². The number of likely N-dealkylation sites (tertiary alicyclic amines) is 1. The van der Waals surface area contributed by atoms with E-state index in [1.165, 1.54) is 19.3 Å². The molecule has 0 radical (unpaired) electrons. The van der Waals surface area contributed by atoms with E-state index in [4.69, 9.17) is 9.90 Å². The SMILES string of the molecule is CN1CC(=O)N(c2ccccc2)CC12CCN(C(=O)NC1CCCCC1)C2.O=C(O)C(F)(F)F. The van der Waals surface area contributed by atoms with Gasteiger partial charge in [0.15, 0.2) is 0 Å². The first-order valence-electron chi connectivity index (χ1n) is 11.4. The van der Waals surface area contributed by atoms with Gasteiger partial charge in [-0.05, 0) is 38.4 Å². The number of likely N-dealkylation sites (N-methyl/N-ethyl adjacent to an activating group) is 1. The molecule has 1 saturated carbocycles. The molecule has 3 aliphatic rings. The largest absolute Gasteiger partial charge is 0.490 e. The fraction of sp³-hybridized carbons (Fsp3) is 0.609. The number of carboxylic acids is 1. The van der Waals surface area contributed by atoms with E-state index in [-0.39, 0.29) is 17.5 Å². The van der Waals surface area contributed by atoms with Crippen LogP contribution in [0.25, 0.3) is 0 Å². The van der Waals surface area contributed by atoms with E-state index >= 15 is 0 Å². The van der Waals surface area contributed by atoms with E-state index in [9.17, 15) is 22.8 Å². The molecule has 1 aromatic rings. The zero-order valence-corrected chi connectivity index (χ0v) is 19.2. The monoisotopic (exact) mass is 484 g/mol. The summed E-state index contributed by atoms with van der Waals surface area (Å²) in [6, 6.07) is 10.3. The molecule has 3 amide bonds. The molecule has 1 spiro atoms. The van der Waals surface area contributed by atoms with Crippen molar-refractivity contribution in [2.75, 3.05) is 38.1 Å². The van der Waals surface area contributed by atoms with Gasteiger partial charge in [-0.25, -0.2) is 9.59 Å². The van der Waals surface area contributed by atoms with Crippen LogP contribution in [0.5, 0.6) is 0 Å². The second-order valence-corrected chi connectivity index (χ2v) is 9.15. The number of para-hydroxylation sites is 1. The first-order valence-corrected chi connectivity index (χ1v) is 11.4. The highest BCUT2D eigenvalue weighted by atomic mass is 19.4. The molecule has 1 atom stereocenters. The first kappa shape index (κ1) is 25.8. The van der Waals surface area contributed by atoms with Crippen molar-refractivity contribution in [3.05, 3.63) is 30.3 Å². The number of amides is 3. The van der Waals surface area contributed by atoms with Crippen molar-refractivity contribution >= 4 is 23.6 Å². The summed E-state index contributed by atoms with van der Waals surface area (Å²) in [4.78, 5) is 40.3. The topological polar surface area (TPSA) is 93.2 Å². The number of nitrogens with one attached hydrogen (secondary N) is 1. The second kappa shape index (κ2) is 10.6. The Morgan fingerprint density at radius 1 is 1.09 bits per heavy atom. The maximum atomic E-state index is 12.8. The van der Waals surface area contributed by atoms with E-state index in [0.29, 0.717) is 25.7 Å². The fourth-order valence-corrected chi connectivity index (χ4v) is 4.79. The quantitative estimate of drug-likeness (QED) is 0.673. The number of halogens is 3. The molecule has 2 saturated heterocycles. The van der Waals surface area contributed by atoms with Crippen LogP contribution >= 0.6 is 0 Å². The number of urea groups is 1. The van der Waals surface area contributed by atoms with Gasteiger partial charge in [0.1, 0.15) is 0 Å². The molecule has 1 aliphatic carbocycles. The highest BCUT2D eigenvalue weighted by Crippen LogP contribution is 2.33. The lowest BCUT2D eigenvalue weighted by molar-refractivity contribution is -0.192. The van der Waals surface area contributed by atoms with Crippen molar-refractivity contribution in [3.8, 4) is 0 Å². The van der Waals surface area contributed by atoms with Crippen molar-refractivity contribution in [1.29, 1.82) is 0 Å². The van der Waals surface area contributed by atoms with Crippen molar-refractivity contribution in [2.45, 2.75) is 56.3 Å². The number of carbonyl (C=O) groups is 3. The third-order valence-electron chi connectivity index (χ3n) is 6.80. The average Bonchev–Trinajstić information content (AvgIpc) is 3.23. The molecule has 188 valence electrons. The maximum absolute atomic E-state index is 12.8. The summed E-state index contributed by atoms with van der Waals surface area (Å²) in [6.45, 7) is 2.46. The molecular formula is C23H31F3N4O4.